The van der Waals surface area contributed by atoms with E-state index in [4.69, 9.17) is 11.6 Å². The fraction of sp³-hybridized carbons (Fsp3) is 0.214. The first kappa shape index (κ1) is 25.9. The Morgan fingerprint density at radius 2 is 1.73 bits per heavy atom. The number of carbonyl (C=O) groups is 1. The molecule has 0 aliphatic heterocycles. The van der Waals surface area contributed by atoms with Gasteiger partial charge in [0.25, 0.3) is 5.56 Å². The number of benzene rings is 3. The Hall–Kier alpha value is -4.17. The van der Waals surface area contributed by atoms with Crippen molar-refractivity contribution in [2.45, 2.75) is 40.0 Å². The zero-order valence-corrected chi connectivity index (χ0v) is 21.9. The molecule has 0 aliphatic carbocycles. The van der Waals surface area contributed by atoms with E-state index in [9.17, 15) is 19.8 Å². The molecule has 3 aromatic carbocycles. The second kappa shape index (κ2) is 9.71. The summed E-state index contributed by atoms with van der Waals surface area (Å²) in [6.07, 6.45) is 0. The van der Waals surface area contributed by atoms with Crippen molar-refractivity contribution in [1.82, 2.24) is 9.78 Å². The van der Waals surface area contributed by atoms with Crippen molar-refractivity contribution in [1.29, 1.82) is 0 Å². The van der Waals surface area contributed by atoms with Crippen LogP contribution in [0.3, 0.4) is 0 Å². The highest BCUT2D eigenvalue weighted by molar-refractivity contribution is 6.31. The molecular weight excluding hydrogens is 492 g/mol. The average molecular weight is 519 g/mol. The Kier molecular flexibility index (Phi) is 6.80. The van der Waals surface area contributed by atoms with E-state index in [1.165, 1.54) is 10.7 Å². The Bertz CT molecular complexity index is 1620. The minimum Gasteiger partial charge on any atom is -0.505 e. The smallest absolute Gasteiger partial charge is 0.313 e. The summed E-state index contributed by atoms with van der Waals surface area (Å²) in [5.74, 6) is -1.16. The number of aromatic hydroxyl groups is 1. The quantitative estimate of drug-likeness (QED) is 0.240. The first-order valence-corrected chi connectivity index (χ1v) is 12.0. The van der Waals surface area contributed by atoms with Gasteiger partial charge in [-0.05, 0) is 87.2 Å². The molecular formula is C28H27ClN4O4. The molecule has 0 saturated heterocycles. The average Bonchev–Trinajstić information content (AvgIpc) is 3.14. The van der Waals surface area contributed by atoms with Gasteiger partial charge in [-0.3, -0.25) is 14.7 Å². The first-order chi connectivity index (χ1) is 17.4. The van der Waals surface area contributed by atoms with E-state index in [1.54, 1.807) is 51.1 Å². The number of hydrogen-bond acceptors (Lipinski definition) is 5. The highest BCUT2D eigenvalue weighted by Gasteiger charge is 2.29. The molecule has 0 fully saturated rings. The SMILES string of the molecule is Cc1ccc(-n2[nH]c(C)c(N=Nc3cc(Cl)cc(-c4cccc(C(C)(C)C(=O)O)c4)c3O)c2=O)cc1C. The van der Waals surface area contributed by atoms with Crippen LogP contribution in [0.25, 0.3) is 16.8 Å². The number of nitrogens with one attached hydrogen (secondary N) is 1. The van der Waals surface area contributed by atoms with Gasteiger partial charge in [-0.2, -0.15) is 0 Å². The molecule has 0 saturated carbocycles. The Balaban J connectivity index is 1.75. The minimum absolute atomic E-state index is 0.0723. The number of phenols is 1. The maximum absolute atomic E-state index is 13.1. The van der Waals surface area contributed by atoms with E-state index >= 15 is 0 Å². The van der Waals surface area contributed by atoms with Gasteiger partial charge >= 0.3 is 5.97 Å². The summed E-state index contributed by atoms with van der Waals surface area (Å²) in [7, 11) is 0. The summed E-state index contributed by atoms with van der Waals surface area (Å²) in [6, 6.07) is 15.6. The van der Waals surface area contributed by atoms with Crippen molar-refractivity contribution in [3.8, 4) is 22.6 Å². The van der Waals surface area contributed by atoms with Crippen molar-refractivity contribution in [3.63, 3.8) is 0 Å². The van der Waals surface area contributed by atoms with Crippen LogP contribution in [0.1, 0.15) is 36.2 Å². The summed E-state index contributed by atoms with van der Waals surface area (Å²) in [6.45, 7) is 8.90. The molecule has 4 rings (SSSR count). The summed E-state index contributed by atoms with van der Waals surface area (Å²) < 4.78 is 1.40. The maximum atomic E-state index is 13.1. The number of carboxylic acid groups (broad SMARTS) is 1. The monoisotopic (exact) mass is 518 g/mol. The standard InChI is InChI=1S/C28H27ClN4O4/c1-15-9-10-21(11-16(15)2)33-26(35)24(17(3)32-33)31-30-23-14-20(29)13-22(25(23)34)18-7-6-8-19(12-18)28(4,5)27(36)37/h6-14,32,34H,1-5H3,(H,36,37). The molecule has 0 aliphatic rings. The predicted molar refractivity (Wildman–Crippen MR) is 144 cm³/mol. The van der Waals surface area contributed by atoms with Crippen molar-refractivity contribution >= 4 is 28.9 Å². The lowest BCUT2D eigenvalue weighted by molar-refractivity contribution is -0.142. The third-order valence-electron chi connectivity index (χ3n) is 6.53. The van der Waals surface area contributed by atoms with Gasteiger partial charge in [-0.25, -0.2) is 4.68 Å². The second-order valence-electron chi connectivity index (χ2n) is 9.53. The summed E-state index contributed by atoms with van der Waals surface area (Å²) in [5.41, 5.74) is 3.51. The van der Waals surface area contributed by atoms with Gasteiger partial charge in [0.15, 0.2) is 11.4 Å². The molecule has 9 heteroatoms. The zero-order chi connectivity index (χ0) is 27.1. The maximum Gasteiger partial charge on any atom is 0.313 e. The molecule has 0 radical (unpaired) electrons. The molecule has 37 heavy (non-hydrogen) atoms. The van der Waals surface area contributed by atoms with E-state index in [0.29, 0.717) is 33.1 Å². The number of rotatable bonds is 6. The van der Waals surface area contributed by atoms with Gasteiger partial charge in [0.05, 0.1) is 16.8 Å². The van der Waals surface area contributed by atoms with E-state index in [2.05, 4.69) is 15.3 Å². The fourth-order valence-electron chi connectivity index (χ4n) is 3.89. The first-order valence-electron chi connectivity index (χ1n) is 11.6. The van der Waals surface area contributed by atoms with E-state index in [-0.39, 0.29) is 22.7 Å². The lowest BCUT2D eigenvalue weighted by Crippen LogP contribution is -2.28. The zero-order valence-electron chi connectivity index (χ0n) is 21.1. The largest absolute Gasteiger partial charge is 0.505 e. The van der Waals surface area contributed by atoms with E-state index in [0.717, 1.165) is 11.1 Å². The van der Waals surface area contributed by atoms with Gasteiger partial charge in [0, 0.05) is 10.6 Å². The minimum atomic E-state index is -1.13. The van der Waals surface area contributed by atoms with Crippen molar-refractivity contribution in [3.05, 3.63) is 92.4 Å². The lowest BCUT2D eigenvalue weighted by Gasteiger charge is -2.20. The van der Waals surface area contributed by atoms with Gasteiger partial charge in [0.1, 0.15) is 5.69 Å². The van der Waals surface area contributed by atoms with Crippen LogP contribution in [0, 0.1) is 20.8 Å². The molecule has 190 valence electrons. The van der Waals surface area contributed by atoms with Crippen molar-refractivity contribution in [2.75, 3.05) is 0 Å². The summed E-state index contributed by atoms with van der Waals surface area (Å²) in [4.78, 5) is 24.8. The van der Waals surface area contributed by atoms with Gasteiger partial charge in [-0.1, -0.05) is 35.9 Å². The van der Waals surface area contributed by atoms with Crippen molar-refractivity contribution in [2.24, 2.45) is 10.2 Å². The molecule has 0 amide bonds. The molecule has 8 nitrogen and oxygen atoms in total. The number of aromatic nitrogens is 2. The van der Waals surface area contributed by atoms with Gasteiger partial charge in [0.2, 0.25) is 0 Å². The molecule has 3 N–H and O–H groups in total. The second-order valence-corrected chi connectivity index (χ2v) is 9.96. The number of H-pyrrole nitrogens is 1. The molecule has 1 heterocycles. The number of azo groups is 1. The van der Waals surface area contributed by atoms with Crippen molar-refractivity contribution < 1.29 is 15.0 Å². The van der Waals surface area contributed by atoms with Crippen LogP contribution in [-0.4, -0.2) is 26.0 Å². The van der Waals surface area contributed by atoms with E-state index in [1.807, 2.05) is 32.0 Å². The van der Waals surface area contributed by atoms with Crippen LogP contribution in [0.2, 0.25) is 5.02 Å². The van der Waals surface area contributed by atoms with Crippen LogP contribution in [-0.2, 0) is 10.2 Å². The number of aliphatic carboxylic acids is 1. The third kappa shape index (κ3) is 4.93. The van der Waals surface area contributed by atoms with Crippen LogP contribution in [0.15, 0.2) is 69.6 Å². The lowest BCUT2D eigenvalue weighted by atomic mass is 9.83. The molecule has 0 unspecified atom stereocenters. The van der Waals surface area contributed by atoms with Crippen LogP contribution in [0.5, 0.6) is 5.75 Å². The predicted octanol–water partition coefficient (Wildman–Crippen LogP) is 6.89. The van der Waals surface area contributed by atoms with Gasteiger partial charge in [-0.15, -0.1) is 10.2 Å². The fourth-order valence-corrected chi connectivity index (χ4v) is 4.10. The highest BCUT2D eigenvalue weighted by atomic mass is 35.5. The number of halogens is 1. The van der Waals surface area contributed by atoms with Gasteiger partial charge < -0.3 is 10.2 Å². The third-order valence-corrected chi connectivity index (χ3v) is 6.75. The van der Waals surface area contributed by atoms with Crippen LogP contribution < -0.4 is 5.56 Å². The van der Waals surface area contributed by atoms with E-state index < -0.39 is 11.4 Å². The normalized spacial score (nSPS) is 11.8. The summed E-state index contributed by atoms with van der Waals surface area (Å²) in [5, 5.41) is 32.2. The topological polar surface area (TPSA) is 120 Å². The van der Waals surface area contributed by atoms with Crippen LogP contribution >= 0.6 is 11.6 Å². The molecule has 4 aromatic rings. The number of aromatic amines is 1. The summed E-state index contributed by atoms with van der Waals surface area (Å²) >= 11 is 6.33. The number of nitrogens with zero attached hydrogens (tertiary/aromatic N) is 3. The Labute approximate surface area is 218 Å². The number of hydrogen-bond donors (Lipinski definition) is 3. The Morgan fingerprint density at radius 1 is 1.00 bits per heavy atom. The molecule has 0 spiro atoms. The Morgan fingerprint density at radius 3 is 2.41 bits per heavy atom. The molecule has 0 atom stereocenters. The number of phenolic OH excluding ortho intramolecular Hbond substituents is 1. The molecule has 1 aromatic heterocycles. The molecule has 0 bridgehead atoms. The number of aryl methyl sites for hydroxylation is 3. The number of carboxylic acids is 1. The van der Waals surface area contributed by atoms with Crippen LogP contribution in [0.4, 0.5) is 11.4 Å². The highest BCUT2D eigenvalue weighted by Crippen LogP contribution is 2.41.